The van der Waals surface area contributed by atoms with Gasteiger partial charge < -0.3 is 5.32 Å². The number of nitrogens with one attached hydrogen (secondary N) is 2. The lowest BCUT2D eigenvalue weighted by Crippen LogP contribution is -2.45. The molecular formula is C11H14ClN3O4S. The van der Waals surface area contributed by atoms with Gasteiger partial charge in [0.15, 0.2) is 4.90 Å². The van der Waals surface area contributed by atoms with Crippen molar-refractivity contribution in [2.45, 2.75) is 23.8 Å². The van der Waals surface area contributed by atoms with Gasteiger partial charge in [-0.3, -0.25) is 10.1 Å². The molecule has 7 nitrogen and oxygen atoms in total. The van der Waals surface area contributed by atoms with Crippen LogP contribution in [0.1, 0.15) is 12.8 Å². The van der Waals surface area contributed by atoms with Crippen molar-refractivity contribution < 1.29 is 13.3 Å². The van der Waals surface area contributed by atoms with Gasteiger partial charge in [0.25, 0.3) is 5.69 Å². The summed E-state index contributed by atoms with van der Waals surface area (Å²) in [6.45, 7) is 1.36. The zero-order chi connectivity index (χ0) is 14.8. The van der Waals surface area contributed by atoms with Gasteiger partial charge >= 0.3 is 0 Å². The van der Waals surface area contributed by atoms with Crippen LogP contribution in [0.2, 0.25) is 5.02 Å². The topological polar surface area (TPSA) is 101 Å². The minimum atomic E-state index is -3.94. The van der Waals surface area contributed by atoms with Crippen LogP contribution in [0.3, 0.4) is 0 Å². The van der Waals surface area contributed by atoms with Crippen molar-refractivity contribution in [1.29, 1.82) is 0 Å². The van der Waals surface area contributed by atoms with Crippen LogP contribution in [0.25, 0.3) is 0 Å². The van der Waals surface area contributed by atoms with Crippen LogP contribution in [0, 0.1) is 10.1 Å². The monoisotopic (exact) mass is 319 g/mol. The number of hydrogen-bond donors (Lipinski definition) is 2. The van der Waals surface area contributed by atoms with E-state index in [9.17, 15) is 18.5 Å². The fourth-order valence-corrected chi connectivity index (χ4v) is 3.69. The highest BCUT2D eigenvalue weighted by molar-refractivity contribution is 7.89. The molecule has 20 heavy (non-hydrogen) atoms. The van der Waals surface area contributed by atoms with Crippen molar-refractivity contribution in [1.82, 2.24) is 10.0 Å². The lowest BCUT2D eigenvalue weighted by molar-refractivity contribution is -0.387. The summed E-state index contributed by atoms with van der Waals surface area (Å²) in [4.78, 5) is 9.84. The van der Waals surface area contributed by atoms with Gasteiger partial charge in [0.05, 0.1) is 4.92 Å². The molecule has 0 bridgehead atoms. The fourth-order valence-electron chi connectivity index (χ4n) is 2.10. The molecule has 1 aromatic carbocycles. The number of sulfonamides is 1. The van der Waals surface area contributed by atoms with Crippen LogP contribution >= 0.6 is 11.6 Å². The second-order valence-electron chi connectivity index (χ2n) is 4.53. The maximum absolute atomic E-state index is 12.3. The second-order valence-corrected chi connectivity index (χ2v) is 6.65. The zero-order valence-electron chi connectivity index (χ0n) is 10.5. The van der Waals surface area contributed by atoms with Crippen LogP contribution in [0.4, 0.5) is 5.69 Å². The first-order valence-corrected chi connectivity index (χ1v) is 7.93. The average Bonchev–Trinajstić information content (AvgIpc) is 2.38. The van der Waals surface area contributed by atoms with Crippen molar-refractivity contribution in [3.8, 4) is 0 Å². The van der Waals surface area contributed by atoms with E-state index in [1.807, 2.05) is 0 Å². The first-order valence-electron chi connectivity index (χ1n) is 6.07. The number of rotatable bonds is 4. The quantitative estimate of drug-likeness (QED) is 0.643. The molecule has 0 aliphatic carbocycles. The predicted octanol–water partition coefficient (Wildman–Crippen LogP) is 1.28. The summed E-state index contributed by atoms with van der Waals surface area (Å²) in [6.07, 6.45) is 1.56. The van der Waals surface area contributed by atoms with E-state index < -0.39 is 20.6 Å². The van der Waals surface area contributed by atoms with Gasteiger partial charge in [-0.2, -0.15) is 0 Å². The van der Waals surface area contributed by atoms with Crippen molar-refractivity contribution in [3.63, 3.8) is 0 Å². The standard InChI is InChI=1S/C11H14ClN3O4S/c12-8-3-4-11(10(6-8)15(16)17)20(18,19)14-9-2-1-5-13-7-9/h3-4,6,9,13-14H,1-2,5,7H2. The van der Waals surface area contributed by atoms with Gasteiger partial charge in [-0.05, 0) is 31.5 Å². The van der Waals surface area contributed by atoms with Crippen LogP contribution in [-0.2, 0) is 10.0 Å². The van der Waals surface area contributed by atoms with E-state index in [2.05, 4.69) is 10.0 Å². The molecule has 2 rings (SSSR count). The summed E-state index contributed by atoms with van der Waals surface area (Å²) in [5.41, 5.74) is -0.520. The molecule has 0 spiro atoms. The van der Waals surface area contributed by atoms with Crippen molar-refractivity contribution in [3.05, 3.63) is 33.3 Å². The van der Waals surface area contributed by atoms with Crippen molar-refractivity contribution in [2.75, 3.05) is 13.1 Å². The molecule has 1 atom stereocenters. The van der Waals surface area contributed by atoms with Gasteiger partial charge in [-0.15, -0.1) is 0 Å². The summed E-state index contributed by atoms with van der Waals surface area (Å²) in [6, 6.07) is 3.25. The fraction of sp³-hybridized carbons (Fsp3) is 0.455. The number of piperidine rings is 1. The van der Waals surface area contributed by atoms with Gasteiger partial charge in [0.1, 0.15) is 0 Å². The van der Waals surface area contributed by atoms with Crippen LogP contribution < -0.4 is 10.0 Å². The summed E-state index contributed by atoms with van der Waals surface area (Å²) in [5.74, 6) is 0. The molecule has 1 aliphatic rings. The molecule has 1 aromatic rings. The summed E-state index contributed by atoms with van der Waals surface area (Å²) in [5, 5.41) is 14.1. The molecule has 2 N–H and O–H groups in total. The van der Waals surface area contributed by atoms with E-state index in [0.717, 1.165) is 25.1 Å². The molecular weight excluding hydrogens is 306 g/mol. The third-order valence-electron chi connectivity index (χ3n) is 3.03. The molecule has 0 saturated carbocycles. The largest absolute Gasteiger partial charge is 0.315 e. The van der Waals surface area contributed by atoms with Gasteiger partial charge in [-0.1, -0.05) is 11.6 Å². The Balaban J connectivity index is 2.31. The number of benzene rings is 1. The van der Waals surface area contributed by atoms with Gasteiger partial charge in [-0.25, -0.2) is 13.1 Å². The molecule has 0 amide bonds. The minimum Gasteiger partial charge on any atom is -0.315 e. The van der Waals surface area contributed by atoms with E-state index in [4.69, 9.17) is 11.6 Å². The number of hydrogen-bond acceptors (Lipinski definition) is 5. The van der Waals surface area contributed by atoms with Crippen LogP contribution in [0.5, 0.6) is 0 Å². The summed E-state index contributed by atoms with van der Waals surface area (Å²) in [7, 11) is -3.94. The number of halogens is 1. The molecule has 9 heteroatoms. The number of nitro groups is 1. The van der Waals surface area contributed by atoms with E-state index in [1.54, 1.807) is 0 Å². The van der Waals surface area contributed by atoms with E-state index in [0.29, 0.717) is 13.0 Å². The highest BCUT2D eigenvalue weighted by Gasteiger charge is 2.28. The Hall–Kier alpha value is -1.22. The molecule has 1 saturated heterocycles. The first kappa shape index (κ1) is 15.2. The zero-order valence-corrected chi connectivity index (χ0v) is 12.1. The molecule has 1 unspecified atom stereocenters. The van der Waals surface area contributed by atoms with Gasteiger partial charge in [0.2, 0.25) is 10.0 Å². The maximum atomic E-state index is 12.3. The Morgan fingerprint density at radius 1 is 1.45 bits per heavy atom. The lowest BCUT2D eigenvalue weighted by Gasteiger charge is -2.23. The Labute approximate surface area is 121 Å². The number of nitrogens with zero attached hydrogens (tertiary/aromatic N) is 1. The van der Waals surface area contributed by atoms with Crippen molar-refractivity contribution in [2.24, 2.45) is 0 Å². The highest BCUT2D eigenvalue weighted by Crippen LogP contribution is 2.27. The Bertz CT molecular complexity index is 614. The average molecular weight is 320 g/mol. The van der Waals surface area contributed by atoms with Crippen LogP contribution in [-0.4, -0.2) is 32.5 Å². The van der Waals surface area contributed by atoms with Crippen molar-refractivity contribution >= 4 is 27.3 Å². The van der Waals surface area contributed by atoms with E-state index in [-0.39, 0.29) is 16.0 Å². The minimum absolute atomic E-state index is 0.120. The summed E-state index contributed by atoms with van der Waals surface area (Å²) < 4.78 is 27.0. The maximum Gasteiger partial charge on any atom is 0.290 e. The molecule has 1 heterocycles. The predicted molar refractivity (Wildman–Crippen MR) is 74.3 cm³/mol. The highest BCUT2D eigenvalue weighted by atomic mass is 35.5. The molecule has 0 radical (unpaired) electrons. The van der Waals surface area contributed by atoms with E-state index >= 15 is 0 Å². The smallest absolute Gasteiger partial charge is 0.290 e. The molecule has 1 aliphatic heterocycles. The Morgan fingerprint density at radius 2 is 2.20 bits per heavy atom. The molecule has 1 fully saturated rings. The Morgan fingerprint density at radius 3 is 2.80 bits per heavy atom. The van der Waals surface area contributed by atoms with Crippen LogP contribution in [0.15, 0.2) is 23.1 Å². The first-order chi connectivity index (χ1) is 9.40. The Kier molecular flexibility index (Phi) is 4.59. The molecule has 0 aromatic heterocycles. The SMILES string of the molecule is O=[N+]([O-])c1cc(Cl)ccc1S(=O)(=O)NC1CCCNC1. The second kappa shape index (κ2) is 6.04. The van der Waals surface area contributed by atoms with Gasteiger partial charge in [0, 0.05) is 23.7 Å². The summed E-state index contributed by atoms with van der Waals surface area (Å²) >= 11 is 5.67. The third-order valence-corrected chi connectivity index (χ3v) is 4.83. The third kappa shape index (κ3) is 3.45. The normalized spacial score (nSPS) is 19.8. The lowest BCUT2D eigenvalue weighted by atomic mass is 10.1. The number of nitro benzene ring substituents is 1. The molecule has 110 valence electrons. The van der Waals surface area contributed by atoms with E-state index in [1.165, 1.54) is 6.07 Å².